The first kappa shape index (κ1) is 15.2. The smallest absolute Gasteiger partial charge is 0.224 e. The Bertz CT molecular complexity index is 557. The molecule has 1 atom stereocenters. The van der Waals surface area contributed by atoms with Gasteiger partial charge in [0.2, 0.25) is 5.91 Å². The molecule has 1 aromatic heterocycles. The minimum atomic E-state index is -0.254. The molecular weight excluding hydrogens is 262 g/mol. The molecule has 2 rings (SSSR count). The molecule has 1 heterocycles. The van der Waals surface area contributed by atoms with Crippen LogP contribution in [0.3, 0.4) is 0 Å². The normalized spacial score (nSPS) is 11.9. The van der Waals surface area contributed by atoms with Crippen molar-refractivity contribution in [3.05, 3.63) is 66.0 Å². The number of pyridine rings is 1. The maximum absolute atomic E-state index is 12.2. The van der Waals surface area contributed by atoms with Crippen LogP contribution < -0.4 is 5.73 Å². The van der Waals surface area contributed by atoms with Crippen molar-refractivity contribution in [2.75, 3.05) is 13.6 Å². The first-order chi connectivity index (χ1) is 10.2. The van der Waals surface area contributed by atoms with E-state index in [1.165, 1.54) is 0 Å². The highest BCUT2D eigenvalue weighted by Crippen LogP contribution is 2.14. The third-order valence-corrected chi connectivity index (χ3v) is 3.48. The summed E-state index contributed by atoms with van der Waals surface area (Å²) in [6, 6.07) is 15.3. The van der Waals surface area contributed by atoms with Crippen molar-refractivity contribution in [1.29, 1.82) is 0 Å². The topological polar surface area (TPSA) is 59.2 Å². The molecule has 4 nitrogen and oxygen atoms in total. The van der Waals surface area contributed by atoms with Gasteiger partial charge in [-0.15, -0.1) is 0 Å². The molecule has 0 aliphatic rings. The molecule has 110 valence electrons. The molecule has 21 heavy (non-hydrogen) atoms. The molecule has 2 aromatic rings. The molecule has 0 saturated carbocycles. The van der Waals surface area contributed by atoms with E-state index in [2.05, 4.69) is 4.98 Å². The Morgan fingerprint density at radius 3 is 2.57 bits per heavy atom. The first-order valence-corrected chi connectivity index (χ1v) is 7.11. The van der Waals surface area contributed by atoms with Gasteiger partial charge in [0.05, 0.1) is 0 Å². The number of nitrogens with zero attached hydrogens (tertiary/aromatic N) is 2. The molecule has 1 aromatic carbocycles. The van der Waals surface area contributed by atoms with Gasteiger partial charge in [0.25, 0.3) is 0 Å². The maximum Gasteiger partial charge on any atom is 0.224 e. The fourth-order valence-electron chi connectivity index (χ4n) is 2.12. The number of aromatic nitrogens is 1. The lowest BCUT2D eigenvalue weighted by molar-refractivity contribution is -0.130. The Morgan fingerprint density at radius 1 is 1.19 bits per heavy atom. The maximum atomic E-state index is 12.2. The molecule has 4 heteroatoms. The van der Waals surface area contributed by atoms with Gasteiger partial charge in [-0.1, -0.05) is 36.4 Å². The zero-order chi connectivity index (χ0) is 15.1. The van der Waals surface area contributed by atoms with Gasteiger partial charge in [0.1, 0.15) is 0 Å². The van der Waals surface area contributed by atoms with E-state index in [0.717, 1.165) is 17.7 Å². The van der Waals surface area contributed by atoms with E-state index >= 15 is 0 Å². The first-order valence-electron chi connectivity index (χ1n) is 7.11. The predicted molar refractivity (Wildman–Crippen MR) is 83.6 cm³/mol. The van der Waals surface area contributed by atoms with Crippen LogP contribution in [0.5, 0.6) is 0 Å². The fourth-order valence-corrected chi connectivity index (χ4v) is 2.12. The van der Waals surface area contributed by atoms with Gasteiger partial charge < -0.3 is 10.6 Å². The number of carbonyl (C=O) groups is 1. The number of likely N-dealkylation sites (N-methyl/N-ethyl adjacent to an activating group) is 1. The summed E-state index contributed by atoms with van der Waals surface area (Å²) in [5.41, 5.74) is 8.06. The second-order valence-corrected chi connectivity index (χ2v) is 5.11. The largest absolute Gasteiger partial charge is 0.345 e. The Labute approximate surface area is 125 Å². The minimum absolute atomic E-state index is 0.0577. The lowest BCUT2D eigenvalue weighted by Crippen LogP contribution is -2.31. The van der Waals surface area contributed by atoms with E-state index in [-0.39, 0.29) is 11.9 Å². The molecule has 0 spiro atoms. The van der Waals surface area contributed by atoms with Crippen molar-refractivity contribution in [2.45, 2.75) is 18.9 Å². The van der Waals surface area contributed by atoms with Crippen LogP contribution in [-0.2, 0) is 11.2 Å². The Hall–Kier alpha value is -2.20. The standard InChI is InChI=1S/C17H21N3O/c1-20(12-10-15-9-5-6-11-19-15)17(21)13-16(18)14-7-3-2-4-8-14/h2-9,11,16H,10,12-13,18H2,1H3. The minimum Gasteiger partial charge on any atom is -0.345 e. The summed E-state index contributed by atoms with van der Waals surface area (Å²) in [6.07, 6.45) is 2.84. The molecule has 0 aliphatic carbocycles. The van der Waals surface area contributed by atoms with Crippen molar-refractivity contribution >= 4 is 5.91 Å². The SMILES string of the molecule is CN(CCc1ccccn1)C(=O)CC(N)c1ccccc1. The molecule has 1 amide bonds. The number of hydrogen-bond acceptors (Lipinski definition) is 3. The average molecular weight is 283 g/mol. The van der Waals surface area contributed by atoms with Gasteiger partial charge in [0.15, 0.2) is 0 Å². The summed E-state index contributed by atoms with van der Waals surface area (Å²) in [5.74, 6) is 0.0577. The molecule has 0 bridgehead atoms. The van der Waals surface area contributed by atoms with Crippen molar-refractivity contribution < 1.29 is 4.79 Å². The Kier molecular flexibility index (Phi) is 5.46. The summed E-state index contributed by atoms with van der Waals surface area (Å²) in [7, 11) is 1.81. The molecular formula is C17H21N3O. The molecule has 2 N–H and O–H groups in total. The van der Waals surface area contributed by atoms with Crippen LogP contribution in [0.1, 0.15) is 23.7 Å². The summed E-state index contributed by atoms with van der Waals surface area (Å²) in [5, 5.41) is 0. The molecule has 0 radical (unpaired) electrons. The number of hydrogen-bond donors (Lipinski definition) is 1. The number of benzene rings is 1. The zero-order valence-electron chi connectivity index (χ0n) is 12.3. The quantitative estimate of drug-likeness (QED) is 0.884. The van der Waals surface area contributed by atoms with Crippen LogP contribution >= 0.6 is 0 Å². The average Bonchev–Trinajstić information content (AvgIpc) is 2.54. The van der Waals surface area contributed by atoms with Gasteiger partial charge in [-0.05, 0) is 17.7 Å². The predicted octanol–water partition coefficient (Wildman–Crippen LogP) is 2.17. The highest BCUT2D eigenvalue weighted by molar-refractivity contribution is 5.76. The summed E-state index contributed by atoms with van der Waals surface area (Å²) in [6.45, 7) is 0.650. The van der Waals surface area contributed by atoms with Crippen LogP contribution in [-0.4, -0.2) is 29.4 Å². The van der Waals surface area contributed by atoms with Crippen molar-refractivity contribution in [3.8, 4) is 0 Å². The van der Waals surface area contributed by atoms with E-state index < -0.39 is 0 Å². The van der Waals surface area contributed by atoms with Crippen molar-refractivity contribution in [3.63, 3.8) is 0 Å². The summed E-state index contributed by atoms with van der Waals surface area (Å²) in [4.78, 5) is 18.1. The third-order valence-electron chi connectivity index (χ3n) is 3.48. The number of amides is 1. The molecule has 1 unspecified atom stereocenters. The van der Waals surface area contributed by atoms with Crippen LogP contribution in [0.2, 0.25) is 0 Å². The number of carbonyl (C=O) groups excluding carboxylic acids is 1. The Balaban J connectivity index is 1.82. The van der Waals surface area contributed by atoms with E-state index in [4.69, 9.17) is 5.73 Å². The number of rotatable bonds is 6. The molecule has 0 aliphatic heterocycles. The highest BCUT2D eigenvalue weighted by atomic mass is 16.2. The van der Waals surface area contributed by atoms with Gasteiger partial charge in [-0.25, -0.2) is 0 Å². The summed E-state index contributed by atoms with van der Waals surface area (Å²) < 4.78 is 0. The third kappa shape index (κ3) is 4.68. The fraction of sp³-hybridized carbons (Fsp3) is 0.294. The van der Waals surface area contributed by atoms with Crippen LogP contribution in [0.4, 0.5) is 0 Å². The monoisotopic (exact) mass is 283 g/mol. The van der Waals surface area contributed by atoms with Crippen LogP contribution in [0.25, 0.3) is 0 Å². The second kappa shape index (κ2) is 7.55. The lowest BCUT2D eigenvalue weighted by Gasteiger charge is -2.19. The van der Waals surface area contributed by atoms with Crippen LogP contribution in [0.15, 0.2) is 54.7 Å². The highest BCUT2D eigenvalue weighted by Gasteiger charge is 2.15. The van der Waals surface area contributed by atoms with E-state index in [9.17, 15) is 4.79 Å². The van der Waals surface area contributed by atoms with E-state index in [1.54, 1.807) is 11.1 Å². The molecule has 0 saturated heterocycles. The number of nitrogens with two attached hydrogens (primary N) is 1. The van der Waals surface area contributed by atoms with Gasteiger partial charge in [-0.3, -0.25) is 9.78 Å². The van der Waals surface area contributed by atoms with E-state index in [0.29, 0.717) is 13.0 Å². The van der Waals surface area contributed by atoms with Gasteiger partial charge in [-0.2, -0.15) is 0 Å². The van der Waals surface area contributed by atoms with Crippen LogP contribution in [0, 0.1) is 0 Å². The summed E-state index contributed by atoms with van der Waals surface area (Å²) >= 11 is 0. The zero-order valence-corrected chi connectivity index (χ0v) is 12.3. The van der Waals surface area contributed by atoms with Gasteiger partial charge in [0, 0.05) is 44.4 Å². The van der Waals surface area contributed by atoms with Crippen molar-refractivity contribution in [1.82, 2.24) is 9.88 Å². The molecule has 0 fully saturated rings. The van der Waals surface area contributed by atoms with E-state index in [1.807, 2.05) is 55.6 Å². The second-order valence-electron chi connectivity index (χ2n) is 5.11. The Morgan fingerprint density at radius 2 is 1.90 bits per heavy atom. The van der Waals surface area contributed by atoms with Crippen molar-refractivity contribution in [2.24, 2.45) is 5.73 Å². The lowest BCUT2D eigenvalue weighted by atomic mass is 10.0. The van der Waals surface area contributed by atoms with Gasteiger partial charge >= 0.3 is 0 Å².